The molecule has 1 aromatic heterocycles. The van der Waals surface area contributed by atoms with E-state index >= 15 is 0 Å². The molecule has 24 heavy (non-hydrogen) atoms. The van der Waals surface area contributed by atoms with Crippen molar-refractivity contribution in [1.82, 2.24) is 5.32 Å². The molecule has 0 bridgehead atoms. The lowest BCUT2D eigenvalue weighted by Gasteiger charge is -2.08. The Labute approximate surface area is 148 Å². The van der Waals surface area contributed by atoms with E-state index < -0.39 is 11.9 Å². The number of urea groups is 1. The minimum absolute atomic E-state index is 0.421. The number of halogens is 1. The number of fused-ring (bicyclic) bond motifs is 1. The maximum absolute atomic E-state index is 12.2. The molecule has 0 saturated heterocycles. The second kappa shape index (κ2) is 7.21. The molecule has 0 spiro atoms. The predicted molar refractivity (Wildman–Crippen MR) is 97.2 cm³/mol. The molecule has 3 rings (SSSR count). The third-order valence-corrected chi connectivity index (χ3v) is 5.21. The number of hydrogen-bond acceptors (Lipinski definition) is 4. The summed E-state index contributed by atoms with van der Waals surface area (Å²) < 4.78 is 0. The van der Waals surface area contributed by atoms with Gasteiger partial charge in [-0.05, 0) is 55.8 Å². The maximum atomic E-state index is 12.2. The topological polar surface area (TPSA) is 96.2 Å². The third-order valence-electron chi connectivity index (χ3n) is 3.75. The summed E-state index contributed by atoms with van der Waals surface area (Å²) in [5.74, 6) is -0.517. The molecule has 5 N–H and O–H groups in total. The van der Waals surface area contributed by atoms with Crippen molar-refractivity contribution in [2.24, 2.45) is 5.73 Å². The number of nitrogens with one attached hydrogen (secondary N) is 3. The van der Waals surface area contributed by atoms with E-state index in [0.29, 0.717) is 21.3 Å². The summed E-state index contributed by atoms with van der Waals surface area (Å²) >= 11 is 7.23. The van der Waals surface area contributed by atoms with Gasteiger partial charge in [0.2, 0.25) is 0 Å². The van der Waals surface area contributed by atoms with Crippen LogP contribution in [0.15, 0.2) is 24.3 Å². The summed E-state index contributed by atoms with van der Waals surface area (Å²) in [7, 11) is 0. The van der Waals surface area contributed by atoms with E-state index in [1.54, 1.807) is 24.3 Å². The van der Waals surface area contributed by atoms with E-state index in [-0.39, 0.29) is 0 Å². The van der Waals surface area contributed by atoms with Gasteiger partial charge in [0, 0.05) is 15.6 Å². The Hall–Kier alpha value is -2.09. The van der Waals surface area contributed by atoms with Gasteiger partial charge in [-0.25, -0.2) is 4.79 Å². The summed E-state index contributed by atoms with van der Waals surface area (Å²) in [5, 5.41) is 9.84. The van der Waals surface area contributed by atoms with Crippen LogP contribution in [0.3, 0.4) is 0 Å². The number of carbonyl (C=O) groups excluding carboxylic acids is 2. The van der Waals surface area contributed by atoms with Gasteiger partial charge in [0.15, 0.2) is 0 Å². The van der Waals surface area contributed by atoms with Gasteiger partial charge in [-0.15, -0.1) is 11.3 Å². The van der Waals surface area contributed by atoms with Crippen LogP contribution in [0.1, 0.15) is 20.8 Å². The highest BCUT2D eigenvalue weighted by Crippen LogP contribution is 2.34. The van der Waals surface area contributed by atoms with Gasteiger partial charge in [0.25, 0.3) is 5.91 Å². The Bertz CT molecular complexity index is 773. The van der Waals surface area contributed by atoms with Gasteiger partial charge >= 0.3 is 6.03 Å². The number of thiophene rings is 1. The Morgan fingerprint density at radius 1 is 1.12 bits per heavy atom. The monoisotopic (exact) mass is 364 g/mol. The number of amides is 3. The zero-order chi connectivity index (χ0) is 17.1. The molecular formula is C16H17ClN4O2S. The van der Waals surface area contributed by atoms with Crippen LogP contribution in [0.25, 0.3) is 0 Å². The van der Waals surface area contributed by atoms with Crippen LogP contribution in [0, 0.1) is 0 Å². The van der Waals surface area contributed by atoms with Crippen LogP contribution in [0.4, 0.5) is 15.5 Å². The first-order valence-electron chi connectivity index (χ1n) is 7.53. The van der Waals surface area contributed by atoms with E-state index in [4.69, 9.17) is 17.3 Å². The van der Waals surface area contributed by atoms with Crippen molar-refractivity contribution in [3.63, 3.8) is 0 Å². The smallest absolute Gasteiger partial charge is 0.324 e. The fourth-order valence-corrected chi connectivity index (χ4v) is 4.04. The second-order valence-corrected chi connectivity index (χ2v) is 6.95. The largest absolute Gasteiger partial charge is 0.365 e. The zero-order valence-corrected chi connectivity index (χ0v) is 14.4. The number of nitrogens with two attached hydrogens (primary N) is 1. The lowest BCUT2D eigenvalue weighted by molar-refractivity contribution is 0.100. The van der Waals surface area contributed by atoms with Crippen LogP contribution in [-0.4, -0.2) is 25.0 Å². The molecule has 8 heteroatoms. The lowest BCUT2D eigenvalue weighted by Crippen LogP contribution is -2.22. The first kappa shape index (κ1) is 16.8. The Kier molecular flexibility index (Phi) is 5.03. The van der Waals surface area contributed by atoms with Crippen LogP contribution in [-0.2, 0) is 12.8 Å². The molecule has 2 heterocycles. The molecule has 3 amide bonds. The van der Waals surface area contributed by atoms with E-state index in [9.17, 15) is 9.59 Å². The summed E-state index contributed by atoms with van der Waals surface area (Å²) in [5.41, 5.74) is 7.52. The van der Waals surface area contributed by atoms with Crippen molar-refractivity contribution < 1.29 is 9.59 Å². The molecule has 1 aromatic carbocycles. The standard InChI is InChI=1S/C16H17ClN4O2S/c17-9-1-3-10(4-2-9)20-16(23)21-15-13(14(18)22)11-5-7-19-8-6-12(11)24-15/h1-4,19H,5-8H2,(H2,18,22)(H2,20,21,23). The molecule has 0 atom stereocenters. The van der Waals surface area contributed by atoms with E-state index in [0.717, 1.165) is 36.4 Å². The van der Waals surface area contributed by atoms with Crippen molar-refractivity contribution in [3.8, 4) is 0 Å². The number of carbonyl (C=O) groups is 2. The molecule has 2 aromatic rings. The molecule has 0 saturated carbocycles. The highest BCUT2D eigenvalue weighted by Gasteiger charge is 2.24. The van der Waals surface area contributed by atoms with E-state index in [1.807, 2.05) is 0 Å². The van der Waals surface area contributed by atoms with Crippen LogP contribution in [0.5, 0.6) is 0 Å². The van der Waals surface area contributed by atoms with Crippen molar-refractivity contribution >= 4 is 45.6 Å². The van der Waals surface area contributed by atoms with Gasteiger partial charge in [-0.2, -0.15) is 0 Å². The molecule has 126 valence electrons. The molecule has 0 unspecified atom stereocenters. The van der Waals surface area contributed by atoms with Gasteiger partial charge in [-0.3, -0.25) is 10.1 Å². The zero-order valence-electron chi connectivity index (χ0n) is 12.8. The molecule has 6 nitrogen and oxygen atoms in total. The van der Waals surface area contributed by atoms with Gasteiger partial charge in [0.05, 0.1) is 5.56 Å². The summed E-state index contributed by atoms with van der Waals surface area (Å²) in [6.45, 7) is 1.64. The minimum atomic E-state index is -0.517. The average Bonchev–Trinajstić information content (AvgIpc) is 2.71. The summed E-state index contributed by atoms with van der Waals surface area (Å²) in [4.78, 5) is 25.2. The normalized spacial score (nSPS) is 13.7. The fourth-order valence-electron chi connectivity index (χ4n) is 2.67. The van der Waals surface area contributed by atoms with Crippen molar-refractivity contribution in [1.29, 1.82) is 0 Å². The van der Waals surface area contributed by atoms with E-state index in [2.05, 4.69) is 16.0 Å². The van der Waals surface area contributed by atoms with Crippen LogP contribution < -0.4 is 21.7 Å². The predicted octanol–water partition coefficient (Wildman–Crippen LogP) is 2.83. The Balaban J connectivity index is 1.80. The first-order valence-corrected chi connectivity index (χ1v) is 8.72. The minimum Gasteiger partial charge on any atom is -0.365 e. The molecule has 1 aliphatic heterocycles. The first-order chi connectivity index (χ1) is 11.5. The van der Waals surface area contributed by atoms with E-state index in [1.165, 1.54) is 11.3 Å². The van der Waals surface area contributed by atoms with Gasteiger partial charge in [-0.1, -0.05) is 11.6 Å². The fraction of sp³-hybridized carbons (Fsp3) is 0.250. The molecule has 0 radical (unpaired) electrons. The quantitative estimate of drug-likeness (QED) is 0.674. The number of primary amides is 1. The SMILES string of the molecule is NC(=O)c1c(NC(=O)Nc2ccc(Cl)cc2)sc2c1CCNCC2. The van der Waals surface area contributed by atoms with Crippen molar-refractivity contribution in [2.75, 3.05) is 23.7 Å². The number of hydrogen-bond donors (Lipinski definition) is 4. The van der Waals surface area contributed by atoms with Crippen LogP contribution >= 0.6 is 22.9 Å². The number of anilines is 2. The highest BCUT2D eigenvalue weighted by molar-refractivity contribution is 7.17. The molecular weight excluding hydrogens is 348 g/mol. The summed E-state index contributed by atoms with van der Waals surface area (Å²) in [6.07, 6.45) is 1.55. The van der Waals surface area contributed by atoms with Crippen molar-refractivity contribution in [2.45, 2.75) is 12.8 Å². The maximum Gasteiger partial charge on any atom is 0.324 e. The highest BCUT2D eigenvalue weighted by atomic mass is 35.5. The van der Waals surface area contributed by atoms with Crippen LogP contribution in [0.2, 0.25) is 5.02 Å². The van der Waals surface area contributed by atoms with Crippen molar-refractivity contribution in [3.05, 3.63) is 45.3 Å². The average molecular weight is 365 g/mol. The molecule has 1 aliphatic rings. The van der Waals surface area contributed by atoms with Gasteiger partial charge < -0.3 is 16.4 Å². The number of benzene rings is 1. The summed E-state index contributed by atoms with van der Waals surface area (Å²) in [6, 6.07) is 6.35. The Morgan fingerprint density at radius 3 is 2.54 bits per heavy atom. The lowest BCUT2D eigenvalue weighted by atomic mass is 10.1. The number of rotatable bonds is 3. The Morgan fingerprint density at radius 2 is 1.83 bits per heavy atom. The molecule has 0 aliphatic carbocycles. The molecule has 0 fully saturated rings. The van der Waals surface area contributed by atoms with Gasteiger partial charge in [0.1, 0.15) is 5.00 Å². The second-order valence-electron chi connectivity index (χ2n) is 5.41. The third kappa shape index (κ3) is 3.69.